The van der Waals surface area contributed by atoms with Gasteiger partial charge in [-0.25, -0.2) is 13.8 Å². The third kappa shape index (κ3) is 2.60. The second-order valence-electron chi connectivity index (χ2n) is 6.78. The first-order chi connectivity index (χ1) is 13.7. The predicted molar refractivity (Wildman–Crippen MR) is 106 cm³/mol. The fraction of sp³-hybridized carbons (Fsp3) is 0.0909. The highest BCUT2D eigenvalue weighted by molar-refractivity contribution is 7.13. The molecule has 2 heterocycles. The minimum atomic E-state index is -0.847. The Morgan fingerprint density at radius 1 is 1.00 bits per heavy atom. The van der Waals surface area contributed by atoms with Gasteiger partial charge in [-0.15, -0.1) is 11.3 Å². The van der Waals surface area contributed by atoms with E-state index in [-0.39, 0.29) is 0 Å². The third-order valence-electron chi connectivity index (χ3n) is 5.23. The monoisotopic (exact) mass is 391 g/mol. The van der Waals surface area contributed by atoms with Gasteiger partial charge < -0.3 is 0 Å². The van der Waals surface area contributed by atoms with Crippen molar-refractivity contribution in [3.63, 3.8) is 0 Å². The molecular formula is C22H15F2N3S. The summed E-state index contributed by atoms with van der Waals surface area (Å²) in [5.41, 5.74) is 3.84. The minimum Gasteiger partial charge on any atom is -0.281 e. The average molecular weight is 391 g/mol. The lowest BCUT2D eigenvalue weighted by molar-refractivity contribution is 0.502. The highest BCUT2D eigenvalue weighted by Gasteiger charge is 2.37. The van der Waals surface area contributed by atoms with Gasteiger partial charge in [0.1, 0.15) is 10.7 Å². The van der Waals surface area contributed by atoms with Crippen LogP contribution in [-0.4, -0.2) is 15.2 Å². The van der Waals surface area contributed by atoms with Crippen LogP contribution in [0.4, 0.5) is 8.78 Å². The average Bonchev–Trinajstić information content (AvgIpc) is 3.39. The molecule has 28 heavy (non-hydrogen) atoms. The van der Waals surface area contributed by atoms with Crippen molar-refractivity contribution in [1.29, 1.82) is 0 Å². The van der Waals surface area contributed by atoms with Crippen LogP contribution in [0.3, 0.4) is 0 Å². The predicted octanol–water partition coefficient (Wildman–Crippen LogP) is 5.37. The number of aromatic amines is 1. The van der Waals surface area contributed by atoms with Gasteiger partial charge in [0, 0.05) is 34.7 Å². The number of hydrogen-bond acceptors (Lipinski definition) is 3. The Hall–Kier alpha value is -3.12. The second kappa shape index (κ2) is 6.49. The lowest BCUT2D eigenvalue weighted by Gasteiger charge is -2.34. The number of halogens is 2. The normalized spacial score (nSPS) is 18.2. The zero-order valence-corrected chi connectivity index (χ0v) is 15.5. The van der Waals surface area contributed by atoms with E-state index in [1.54, 1.807) is 12.3 Å². The minimum absolute atomic E-state index is 0.562. The van der Waals surface area contributed by atoms with Crippen LogP contribution in [0.15, 0.2) is 66.2 Å². The summed E-state index contributed by atoms with van der Waals surface area (Å²) < 4.78 is 27.7. The summed E-state index contributed by atoms with van der Waals surface area (Å²) in [5, 5.41) is 10.4. The molecule has 138 valence electrons. The van der Waals surface area contributed by atoms with E-state index in [2.05, 4.69) is 21.3 Å². The summed E-state index contributed by atoms with van der Waals surface area (Å²) in [6, 6.07) is 14.0. The first-order valence-electron chi connectivity index (χ1n) is 8.85. The maximum atomic E-state index is 14.1. The molecule has 0 spiro atoms. The van der Waals surface area contributed by atoms with Crippen LogP contribution in [0.5, 0.6) is 0 Å². The molecule has 5 rings (SSSR count). The highest BCUT2D eigenvalue weighted by atomic mass is 32.1. The number of allylic oxidation sites excluding steroid dienone is 1. The van der Waals surface area contributed by atoms with Crippen molar-refractivity contribution < 1.29 is 8.78 Å². The number of rotatable bonds is 3. The number of nitrogens with zero attached hydrogens (tertiary/aromatic N) is 2. The molecule has 0 saturated carbocycles. The van der Waals surface area contributed by atoms with Crippen molar-refractivity contribution in [2.45, 2.75) is 11.8 Å². The molecule has 0 aliphatic heterocycles. The zero-order chi connectivity index (χ0) is 19.1. The fourth-order valence-electron chi connectivity index (χ4n) is 3.84. The van der Waals surface area contributed by atoms with Crippen LogP contribution in [0.2, 0.25) is 0 Å². The number of hydrogen-bond donors (Lipinski definition) is 1. The van der Waals surface area contributed by atoms with Crippen molar-refractivity contribution in [2.24, 2.45) is 0 Å². The number of fused-ring (bicyclic) bond motifs is 1. The van der Waals surface area contributed by atoms with E-state index in [4.69, 9.17) is 0 Å². The number of aromatic nitrogens is 3. The Morgan fingerprint density at radius 3 is 2.61 bits per heavy atom. The highest BCUT2D eigenvalue weighted by Crippen LogP contribution is 2.43. The van der Waals surface area contributed by atoms with Crippen molar-refractivity contribution >= 4 is 17.4 Å². The van der Waals surface area contributed by atoms with Gasteiger partial charge in [0.2, 0.25) is 0 Å². The number of benzene rings is 2. The van der Waals surface area contributed by atoms with E-state index in [9.17, 15) is 8.78 Å². The van der Waals surface area contributed by atoms with E-state index in [1.807, 2.05) is 41.8 Å². The van der Waals surface area contributed by atoms with Crippen LogP contribution >= 0.6 is 11.3 Å². The quantitative estimate of drug-likeness (QED) is 0.510. The summed E-state index contributed by atoms with van der Waals surface area (Å²) in [6.45, 7) is 0. The van der Waals surface area contributed by atoms with Gasteiger partial charge in [-0.1, -0.05) is 48.6 Å². The Kier molecular flexibility index (Phi) is 3.94. The number of nitrogens with one attached hydrogen (secondary N) is 1. The van der Waals surface area contributed by atoms with Crippen molar-refractivity contribution in [1.82, 2.24) is 15.2 Å². The molecule has 1 aliphatic rings. The van der Waals surface area contributed by atoms with Gasteiger partial charge in [0.15, 0.2) is 11.6 Å². The van der Waals surface area contributed by atoms with Crippen molar-refractivity contribution in [2.75, 3.05) is 0 Å². The van der Waals surface area contributed by atoms with Crippen LogP contribution in [0.25, 0.3) is 16.8 Å². The number of H-pyrrole nitrogens is 1. The molecule has 1 aliphatic carbocycles. The Bertz CT molecular complexity index is 1170. The lowest BCUT2D eigenvalue weighted by atomic mass is 9.68. The van der Waals surface area contributed by atoms with Gasteiger partial charge in [-0.3, -0.25) is 5.10 Å². The van der Waals surface area contributed by atoms with Crippen LogP contribution < -0.4 is 0 Å². The van der Waals surface area contributed by atoms with Gasteiger partial charge in [-0.05, 0) is 23.3 Å². The standard InChI is InChI=1S/C22H15F2N3S/c23-17-7-6-15(12-18(17)24)22(14-4-2-1-3-5-14)9-8-16-19(13-22)26-27-20(16)21-25-10-11-28-21/h1-12H,13H2,(H,26,27). The van der Waals surface area contributed by atoms with E-state index in [1.165, 1.54) is 23.5 Å². The maximum absolute atomic E-state index is 14.1. The molecule has 1 N–H and O–H groups in total. The lowest BCUT2D eigenvalue weighted by Crippen LogP contribution is -2.30. The molecule has 2 aromatic heterocycles. The van der Waals surface area contributed by atoms with Gasteiger partial charge in [0.05, 0.1) is 0 Å². The molecule has 1 unspecified atom stereocenters. The van der Waals surface area contributed by atoms with E-state index >= 15 is 0 Å². The van der Waals surface area contributed by atoms with Gasteiger partial charge in [0.25, 0.3) is 0 Å². The zero-order valence-electron chi connectivity index (χ0n) is 14.7. The Balaban J connectivity index is 1.68. The molecule has 1 atom stereocenters. The van der Waals surface area contributed by atoms with Gasteiger partial charge in [-0.2, -0.15) is 5.10 Å². The summed E-state index contributed by atoms with van der Waals surface area (Å²) in [7, 11) is 0. The van der Waals surface area contributed by atoms with Crippen molar-refractivity contribution in [3.8, 4) is 10.7 Å². The molecule has 6 heteroatoms. The first kappa shape index (κ1) is 17.0. The molecule has 0 radical (unpaired) electrons. The molecular weight excluding hydrogens is 376 g/mol. The third-order valence-corrected chi connectivity index (χ3v) is 6.01. The van der Waals surface area contributed by atoms with E-state index in [0.29, 0.717) is 12.0 Å². The topological polar surface area (TPSA) is 41.6 Å². The van der Waals surface area contributed by atoms with E-state index < -0.39 is 17.0 Å². The van der Waals surface area contributed by atoms with Crippen LogP contribution in [0, 0.1) is 11.6 Å². The maximum Gasteiger partial charge on any atom is 0.159 e. The largest absolute Gasteiger partial charge is 0.281 e. The SMILES string of the molecule is Fc1ccc(C2(c3ccccc3)C=Cc3c(-c4nccs4)n[nH]c3C2)cc1F. The summed E-state index contributed by atoms with van der Waals surface area (Å²) in [4.78, 5) is 4.35. The fourth-order valence-corrected chi connectivity index (χ4v) is 4.48. The van der Waals surface area contributed by atoms with Gasteiger partial charge >= 0.3 is 0 Å². The molecule has 2 aromatic carbocycles. The van der Waals surface area contributed by atoms with Crippen LogP contribution in [-0.2, 0) is 11.8 Å². The summed E-state index contributed by atoms with van der Waals surface area (Å²) in [5.74, 6) is -1.69. The molecule has 3 nitrogen and oxygen atoms in total. The number of thiazole rings is 1. The molecule has 0 fully saturated rings. The van der Waals surface area contributed by atoms with Crippen molar-refractivity contribution in [3.05, 3.63) is 100 Å². The summed E-state index contributed by atoms with van der Waals surface area (Å²) >= 11 is 1.53. The molecule has 4 aromatic rings. The Morgan fingerprint density at radius 2 is 1.86 bits per heavy atom. The first-order valence-corrected chi connectivity index (χ1v) is 9.73. The molecule has 0 amide bonds. The van der Waals surface area contributed by atoms with Crippen LogP contribution in [0.1, 0.15) is 22.4 Å². The van der Waals surface area contributed by atoms with E-state index in [0.717, 1.165) is 27.5 Å². The smallest absolute Gasteiger partial charge is 0.159 e. The Labute approximate surface area is 164 Å². The summed E-state index contributed by atoms with van der Waals surface area (Å²) in [6.07, 6.45) is 6.38. The molecule has 0 bridgehead atoms. The molecule has 0 saturated heterocycles. The second-order valence-corrected chi connectivity index (χ2v) is 7.67.